The van der Waals surface area contributed by atoms with Gasteiger partial charge in [-0.05, 0) is 30.9 Å². The minimum atomic E-state index is -0.109. The summed E-state index contributed by atoms with van der Waals surface area (Å²) in [5, 5.41) is 3.36. The van der Waals surface area contributed by atoms with Crippen molar-refractivity contribution in [1.82, 2.24) is 10.2 Å². The van der Waals surface area contributed by atoms with Gasteiger partial charge in [0.1, 0.15) is 0 Å². The fourth-order valence-corrected chi connectivity index (χ4v) is 3.27. The maximum absolute atomic E-state index is 12.6. The summed E-state index contributed by atoms with van der Waals surface area (Å²) in [5.74, 6) is 0.182. The van der Waals surface area contributed by atoms with Crippen molar-refractivity contribution in [2.75, 3.05) is 13.7 Å². The van der Waals surface area contributed by atoms with Crippen molar-refractivity contribution in [3.05, 3.63) is 35.4 Å². The summed E-state index contributed by atoms with van der Waals surface area (Å²) < 4.78 is 5.57. The highest BCUT2D eigenvalue weighted by Gasteiger charge is 2.34. The Kier molecular flexibility index (Phi) is 3.76. The number of benzene rings is 1. The minimum Gasteiger partial charge on any atom is -0.376 e. The average Bonchev–Trinajstić information content (AvgIpc) is 2.91. The predicted molar refractivity (Wildman–Crippen MR) is 77.4 cm³/mol. The number of rotatable bonds is 2. The molecule has 1 N–H and O–H groups in total. The van der Waals surface area contributed by atoms with Gasteiger partial charge in [0.15, 0.2) is 0 Å². The Hall–Kier alpha value is -1.39. The number of hydrogen-bond acceptors (Lipinski definition) is 3. The molecule has 0 spiro atoms. The Labute approximate surface area is 120 Å². The first-order valence-corrected chi connectivity index (χ1v) is 7.35. The first-order chi connectivity index (χ1) is 9.66. The number of ether oxygens (including phenoxy) is 1. The van der Waals surface area contributed by atoms with Gasteiger partial charge in [0.2, 0.25) is 5.91 Å². The molecule has 0 bridgehead atoms. The van der Waals surface area contributed by atoms with Crippen molar-refractivity contribution >= 4 is 5.91 Å². The van der Waals surface area contributed by atoms with Gasteiger partial charge in [0, 0.05) is 20.2 Å². The molecule has 2 aliphatic heterocycles. The van der Waals surface area contributed by atoms with E-state index in [4.69, 9.17) is 4.74 Å². The van der Waals surface area contributed by atoms with Crippen LogP contribution < -0.4 is 5.32 Å². The molecule has 2 aliphatic rings. The fraction of sp³-hybridized carbons (Fsp3) is 0.562. The first kappa shape index (κ1) is 13.6. The molecule has 3 atom stereocenters. The lowest BCUT2D eigenvalue weighted by atomic mass is 9.95. The van der Waals surface area contributed by atoms with Crippen molar-refractivity contribution < 1.29 is 9.53 Å². The summed E-state index contributed by atoms with van der Waals surface area (Å²) >= 11 is 0. The van der Waals surface area contributed by atoms with Gasteiger partial charge >= 0.3 is 0 Å². The molecule has 1 aromatic rings. The molecule has 1 amide bonds. The van der Waals surface area contributed by atoms with Crippen LogP contribution in [-0.4, -0.2) is 42.6 Å². The van der Waals surface area contributed by atoms with Crippen LogP contribution in [0.4, 0.5) is 0 Å². The molecule has 0 radical (unpaired) electrons. The van der Waals surface area contributed by atoms with Crippen LogP contribution in [0.25, 0.3) is 0 Å². The van der Waals surface area contributed by atoms with Crippen LogP contribution in [0, 0.1) is 0 Å². The Morgan fingerprint density at radius 3 is 2.80 bits per heavy atom. The molecule has 0 saturated carbocycles. The lowest BCUT2D eigenvalue weighted by molar-refractivity contribution is -0.135. The third-order valence-corrected chi connectivity index (χ3v) is 4.56. The summed E-state index contributed by atoms with van der Waals surface area (Å²) in [6, 6.07) is 8.44. The van der Waals surface area contributed by atoms with Gasteiger partial charge in [-0.3, -0.25) is 4.79 Å². The SMILES string of the molecule is CC1OCCC1N(C)C(=O)[C@@H]1Cc2ccccc2CN1. The molecule has 4 heteroatoms. The van der Waals surface area contributed by atoms with E-state index in [9.17, 15) is 4.79 Å². The van der Waals surface area contributed by atoms with Crippen molar-refractivity contribution in [1.29, 1.82) is 0 Å². The standard InChI is InChI=1S/C16H22N2O2/c1-11-15(7-8-20-11)18(2)16(19)14-9-12-5-3-4-6-13(12)10-17-14/h3-6,11,14-15,17H,7-10H2,1-2H3/t11?,14-,15?/m0/s1. The van der Waals surface area contributed by atoms with Crippen LogP contribution in [0.3, 0.4) is 0 Å². The second-order valence-corrected chi connectivity index (χ2v) is 5.79. The van der Waals surface area contributed by atoms with Crippen LogP contribution in [-0.2, 0) is 22.5 Å². The summed E-state index contributed by atoms with van der Waals surface area (Å²) in [6.45, 7) is 3.58. The van der Waals surface area contributed by atoms with Crippen molar-refractivity contribution in [3.8, 4) is 0 Å². The second kappa shape index (κ2) is 5.54. The van der Waals surface area contributed by atoms with Crippen molar-refractivity contribution in [2.24, 2.45) is 0 Å². The van der Waals surface area contributed by atoms with Crippen molar-refractivity contribution in [3.63, 3.8) is 0 Å². The Balaban J connectivity index is 1.69. The average molecular weight is 274 g/mol. The van der Waals surface area contributed by atoms with Gasteiger partial charge in [0.25, 0.3) is 0 Å². The molecule has 0 aromatic heterocycles. The van der Waals surface area contributed by atoms with E-state index in [1.807, 2.05) is 31.0 Å². The van der Waals surface area contributed by atoms with E-state index in [-0.39, 0.29) is 24.1 Å². The van der Waals surface area contributed by atoms with Crippen LogP contribution in [0.1, 0.15) is 24.5 Å². The van der Waals surface area contributed by atoms with Gasteiger partial charge in [-0.15, -0.1) is 0 Å². The maximum atomic E-state index is 12.6. The second-order valence-electron chi connectivity index (χ2n) is 5.79. The molecule has 1 fully saturated rings. The number of fused-ring (bicyclic) bond motifs is 1. The normalized spacial score (nSPS) is 29.0. The number of hydrogen-bond donors (Lipinski definition) is 1. The molecule has 4 nitrogen and oxygen atoms in total. The lowest BCUT2D eigenvalue weighted by Gasteiger charge is -2.33. The lowest BCUT2D eigenvalue weighted by Crippen LogP contribution is -2.52. The van der Waals surface area contributed by atoms with E-state index in [2.05, 4.69) is 17.4 Å². The summed E-state index contributed by atoms with van der Waals surface area (Å²) in [6.07, 6.45) is 1.86. The highest BCUT2D eigenvalue weighted by atomic mass is 16.5. The topological polar surface area (TPSA) is 41.6 Å². The minimum absolute atomic E-state index is 0.109. The predicted octanol–water partition coefficient (Wildman–Crippen LogP) is 1.34. The van der Waals surface area contributed by atoms with Gasteiger partial charge in [0.05, 0.1) is 18.2 Å². The van der Waals surface area contributed by atoms with E-state index in [0.29, 0.717) is 0 Å². The number of likely N-dealkylation sites (N-methyl/N-ethyl adjacent to an activating group) is 1. The molecule has 0 aliphatic carbocycles. The third-order valence-electron chi connectivity index (χ3n) is 4.56. The molecule has 1 aromatic carbocycles. The highest BCUT2D eigenvalue weighted by Crippen LogP contribution is 2.21. The number of carbonyl (C=O) groups is 1. The van der Waals surface area contributed by atoms with Gasteiger partial charge < -0.3 is 15.0 Å². The van der Waals surface area contributed by atoms with E-state index >= 15 is 0 Å². The van der Waals surface area contributed by atoms with E-state index in [1.165, 1.54) is 11.1 Å². The third kappa shape index (κ3) is 2.45. The highest BCUT2D eigenvalue weighted by molar-refractivity contribution is 5.82. The molecular weight excluding hydrogens is 252 g/mol. The number of nitrogens with zero attached hydrogens (tertiary/aromatic N) is 1. The quantitative estimate of drug-likeness (QED) is 0.885. The molecular formula is C16H22N2O2. The van der Waals surface area contributed by atoms with Crippen LogP contribution in [0.15, 0.2) is 24.3 Å². The molecule has 20 heavy (non-hydrogen) atoms. The Morgan fingerprint density at radius 1 is 1.35 bits per heavy atom. The Morgan fingerprint density at radius 2 is 2.10 bits per heavy atom. The Bertz CT molecular complexity index is 503. The van der Waals surface area contributed by atoms with Crippen LogP contribution >= 0.6 is 0 Å². The smallest absolute Gasteiger partial charge is 0.240 e. The summed E-state index contributed by atoms with van der Waals surface area (Å²) in [5.41, 5.74) is 2.59. The zero-order chi connectivity index (χ0) is 14.1. The molecule has 3 rings (SSSR count). The summed E-state index contributed by atoms with van der Waals surface area (Å²) in [4.78, 5) is 14.5. The summed E-state index contributed by atoms with van der Waals surface area (Å²) in [7, 11) is 1.90. The van der Waals surface area contributed by atoms with E-state index in [1.54, 1.807) is 0 Å². The monoisotopic (exact) mass is 274 g/mol. The first-order valence-electron chi connectivity index (χ1n) is 7.35. The van der Waals surface area contributed by atoms with E-state index < -0.39 is 0 Å². The number of nitrogens with one attached hydrogen (secondary N) is 1. The number of amides is 1. The molecule has 2 unspecified atom stereocenters. The van der Waals surface area contributed by atoms with Gasteiger partial charge in [-0.25, -0.2) is 0 Å². The molecule has 2 heterocycles. The van der Waals surface area contributed by atoms with Crippen LogP contribution in [0.2, 0.25) is 0 Å². The van der Waals surface area contributed by atoms with Crippen molar-refractivity contribution in [2.45, 2.75) is 44.5 Å². The largest absolute Gasteiger partial charge is 0.376 e. The zero-order valence-corrected chi connectivity index (χ0v) is 12.1. The van der Waals surface area contributed by atoms with Gasteiger partial charge in [-0.1, -0.05) is 24.3 Å². The number of carbonyl (C=O) groups excluding carboxylic acids is 1. The van der Waals surface area contributed by atoms with E-state index in [0.717, 1.165) is 26.0 Å². The molecule has 1 saturated heterocycles. The molecule has 108 valence electrons. The fourth-order valence-electron chi connectivity index (χ4n) is 3.27. The van der Waals surface area contributed by atoms with Crippen LogP contribution in [0.5, 0.6) is 0 Å². The van der Waals surface area contributed by atoms with Gasteiger partial charge in [-0.2, -0.15) is 0 Å². The maximum Gasteiger partial charge on any atom is 0.240 e. The zero-order valence-electron chi connectivity index (χ0n) is 12.1.